The van der Waals surface area contributed by atoms with Crippen molar-refractivity contribution < 1.29 is 31.5 Å². The number of halogens is 1. The molecular formula is C46H50INO7. The van der Waals surface area contributed by atoms with Crippen molar-refractivity contribution in [1.29, 1.82) is 0 Å². The highest BCUT2D eigenvalue weighted by Gasteiger charge is 2.49. The summed E-state index contributed by atoms with van der Waals surface area (Å²) in [5.74, 6) is 2.14. The lowest BCUT2D eigenvalue weighted by molar-refractivity contribution is -0.0519. The van der Waals surface area contributed by atoms with E-state index in [-0.39, 0.29) is 0 Å². The van der Waals surface area contributed by atoms with Crippen molar-refractivity contribution in [2.45, 2.75) is 50.2 Å². The number of methoxy groups -OCH3 is 2. The molecule has 9 heteroatoms. The molecule has 2 atom stereocenters. The summed E-state index contributed by atoms with van der Waals surface area (Å²) < 4.78 is 43.6. The highest BCUT2D eigenvalue weighted by atomic mass is 127. The average molecular weight is 856 g/mol. The zero-order valence-electron chi connectivity index (χ0n) is 32.0. The number of benzene rings is 4. The number of fused-ring (bicyclic) bond motifs is 8. The van der Waals surface area contributed by atoms with Gasteiger partial charge in [0.25, 0.3) is 0 Å². The van der Waals surface area contributed by atoms with Crippen molar-refractivity contribution in [1.82, 2.24) is 0 Å². The van der Waals surface area contributed by atoms with E-state index in [1.54, 1.807) is 14.2 Å². The Kier molecular flexibility index (Phi) is 11.5. The van der Waals surface area contributed by atoms with Crippen LogP contribution < -0.4 is 19.1 Å². The third kappa shape index (κ3) is 6.86. The van der Waals surface area contributed by atoms with Crippen LogP contribution in [-0.2, 0) is 28.5 Å². The van der Waals surface area contributed by atoms with Gasteiger partial charge in [-0.3, -0.25) is 0 Å². The fraction of sp³-hybridized carbons (Fsp3) is 0.391. The topological polar surface area (TPSA) is 67.9 Å². The molecule has 2 unspecified atom stereocenters. The minimum Gasteiger partial charge on any atom is -0.493 e. The third-order valence-corrected chi connectivity index (χ3v) is 12.0. The molecule has 2 heterocycles. The molecule has 0 bridgehead atoms. The molecule has 8 rings (SSSR count). The molecule has 4 aromatic rings. The van der Waals surface area contributed by atoms with E-state index < -0.39 is 11.2 Å². The number of allylic oxidation sites excluding steroid dienone is 3. The van der Waals surface area contributed by atoms with Crippen LogP contribution in [0.4, 0.5) is 5.69 Å². The summed E-state index contributed by atoms with van der Waals surface area (Å²) in [7, 11) is 3.39. The van der Waals surface area contributed by atoms with Crippen LogP contribution >= 0.6 is 23.0 Å². The van der Waals surface area contributed by atoms with Crippen molar-refractivity contribution in [3.8, 4) is 28.4 Å². The Labute approximate surface area is 338 Å². The smallest absolute Gasteiger partial charge is 0.174 e. The summed E-state index contributed by atoms with van der Waals surface area (Å²) in [5, 5.41) is 2.01. The molecule has 2 aliphatic carbocycles. The maximum absolute atomic E-state index is 7.69. The van der Waals surface area contributed by atoms with Gasteiger partial charge in [0.1, 0.15) is 34.4 Å². The number of hydrogen-bond acceptors (Lipinski definition) is 8. The van der Waals surface area contributed by atoms with Gasteiger partial charge in [-0.2, -0.15) is 0 Å². The number of hydrogen-bond donors (Lipinski definition) is 0. The Morgan fingerprint density at radius 1 is 0.891 bits per heavy atom. The minimum atomic E-state index is -0.831. The maximum atomic E-state index is 7.69. The predicted molar refractivity (Wildman–Crippen MR) is 227 cm³/mol. The fourth-order valence-electron chi connectivity index (χ4n) is 8.89. The molecule has 0 amide bonds. The molecular weight excluding hydrogens is 805 g/mol. The van der Waals surface area contributed by atoms with Gasteiger partial charge in [0.2, 0.25) is 0 Å². The highest BCUT2D eigenvalue weighted by Crippen LogP contribution is 2.61. The molecule has 0 aromatic heterocycles. The minimum absolute atomic E-state index is 0.431. The van der Waals surface area contributed by atoms with Gasteiger partial charge < -0.3 is 36.4 Å². The van der Waals surface area contributed by atoms with Crippen LogP contribution in [0.15, 0.2) is 90.5 Å². The van der Waals surface area contributed by atoms with Gasteiger partial charge >= 0.3 is 0 Å². The lowest BCUT2D eigenvalue weighted by Crippen LogP contribution is -2.38. The van der Waals surface area contributed by atoms with Gasteiger partial charge in [0, 0.05) is 40.9 Å². The molecule has 1 saturated heterocycles. The normalized spacial score (nSPS) is 21.2. The molecule has 55 heavy (non-hydrogen) atoms. The molecule has 288 valence electrons. The van der Waals surface area contributed by atoms with Crippen LogP contribution in [-0.4, -0.2) is 67.0 Å². The summed E-state index contributed by atoms with van der Waals surface area (Å²) in [4.78, 5) is 2.39. The zero-order chi connectivity index (χ0) is 37.8. The Morgan fingerprint density at radius 3 is 2.38 bits per heavy atom. The van der Waals surface area contributed by atoms with Crippen molar-refractivity contribution in [3.05, 3.63) is 113 Å². The Balaban J connectivity index is 1.35. The third-order valence-electron chi connectivity index (χ3n) is 11.5. The van der Waals surface area contributed by atoms with E-state index in [1.165, 1.54) is 16.8 Å². The molecule has 4 aliphatic rings. The molecule has 2 aliphatic heterocycles. The summed E-state index contributed by atoms with van der Waals surface area (Å²) in [6.07, 6.45) is 15.9. The number of morpholine rings is 1. The molecule has 1 fully saturated rings. The second-order valence-corrected chi connectivity index (χ2v) is 15.1. The molecule has 4 aromatic carbocycles. The lowest BCUT2D eigenvalue weighted by Gasteiger charge is -2.41. The first-order valence-corrected chi connectivity index (χ1v) is 20.5. The van der Waals surface area contributed by atoms with Crippen LogP contribution in [0.5, 0.6) is 17.2 Å². The lowest BCUT2D eigenvalue weighted by atomic mass is 9.77. The first-order chi connectivity index (χ1) is 27.1. The van der Waals surface area contributed by atoms with Crippen molar-refractivity contribution in [2.75, 3.05) is 71.9 Å². The molecule has 0 saturated carbocycles. The number of unbranched alkanes of at least 4 members (excludes halogenated alkanes) is 1. The second kappa shape index (κ2) is 16.7. The summed E-state index contributed by atoms with van der Waals surface area (Å²) in [5.41, 5.74) is 7.60. The van der Waals surface area contributed by atoms with Gasteiger partial charge in [0.15, 0.2) is 17.1 Å². The van der Waals surface area contributed by atoms with E-state index in [9.17, 15) is 0 Å². The van der Waals surface area contributed by atoms with E-state index in [2.05, 4.69) is 103 Å². The molecule has 8 nitrogen and oxygen atoms in total. The summed E-state index contributed by atoms with van der Waals surface area (Å²) in [6, 6.07) is 21.9. The van der Waals surface area contributed by atoms with Crippen LogP contribution in [0, 0.1) is 0 Å². The van der Waals surface area contributed by atoms with Crippen LogP contribution in [0.25, 0.3) is 28.0 Å². The quantitative estimate of drug-likeness (QED) is 0.0866. The van der Waals surface area contributed by atoms with Crippen LogP contribution in [0.2, 0.25) is 0 Å². The number of anilines is 1. The van der Waals surface area contributed by atoms with Crippen molar-refractivity contribution in [3.63, 3.8) is 0 Å². The molecule has 0 radical (unpaired) electrons. The van der Waals surface area contributed by atoms with E-state index in [4.69, 9.17) is 31.5 Å². The first kappa shape index (κ1) is 38.0. The van der Waals surface area contributed by atoms with Gasteiger partial charge in [0.05, 0.1) is 53.9 Å². The van der Waals surface area contributed by atoms with Gasteiger partial charge in [-0.25, -0.2) is 0 Å². The van der Waals surface area contributed by atoms with Crippen LogP contribution in [0.1, 0.15) is 61.3 Å². The van der Waals surface area contributed by atoms with E-state index in [0.29, 0.717) is 37.9 Å². The Morgan fingerprint density at radius 2 is 1.65 bits per heavy atom. The van der Waals surface area contributed by atoms with E-state index in [0.717, 1.165) is 103 Å². The molecule has 0 N–H and O–H groups in total. The number of rotatable bonds is 15. The SMILES string of the molecule is CCCCC1(OCCOCCOI)c2ccccc2-c2c1c1c(c3cc(OC)c(OC)cc23)OC(C2=CC=CCC2)(c2ccc(N3CCOCC3)cc2)C=C1. The number of nitrogens with zero attached hydrogens (tertiary/aromatic N) is 1. The zero-order valence-corrected chi connectivity index (χ0v) is 34.2. The van der Waals surface area contributed by atoms with E-state index >= 15 is 0 Å². The maximum Gasteiger partial charge on any atom is 0.174 e. The van der Waals surface area contributed by atoms with E-state index in [1.807, 2.05) is 23.0 Å². The molecule has 0 spiro atoms. The highest BCUT2D eigenvalue weighted by molar-refractivity contribution is 14.1. The second-order valence-electron chi connectivity index (χ2n) is 14.5. The Bertz CT molecular complexity index is 2100. The predicted octanol–water partition coefficient (Wildman–Crippen LogP) is 10.1. The van der Waals surface area contributed by atoms with Crippen molar-refractivity contribution in [2.24, 2.45) is 0 Å². The first-order valence-electron chi connectivity index (χ1n) is 19.6. The van der Waals surface area contributed by atoms with Crippen LogP contribution in [0.3, 0.4) is 0 Å². The van der Waals surface area contributed by atoms with Crippen molar-refractivity contribution >= 4 is 45.5 Å². The average Bonchev–Trinajstić information content (AvgIpc) is 3.54. The number of ether oxygens (including phenoxy) is 6. The monoisotopic (exact) mass is 855 g/mol. The fourth-order valence-corrected chi connectivity index (χ4v) is 9.07. The largest absolute Gasteiger partial charge is 0.493 e. The Hall–Kier alpha value is -3.87. The standard InChI is InChI=1S/C46H50INO7/c1-4-5-20-46(53-28-26-52-27-29-54-47)39-14-10-9-13-35(39)42-37-30-40(49-2)41(50-3)31-38(37)44-36(43(42)46)19-21-45(55-44,32-11-7-6-8-12-32)33-15-17-34(18-16-33)48-22-24-51-25-23-48/h6-7,9-11,13-19,21,30-31H,4-5,8,12,20,22-29H2,1-3H3. The van der Waals surface area contributed by atoms with Gasteiger partial charge in [-0.1, -0.05) is 80.5 Å². The van der Waals surface area contributed by atoms with Gasteiger partial charge in [-0.05, 0) is 77.3 Å². The summed E-state index contributed by atoms with van der Waals surface area (Å²) in [6.45, 7) is 7.43. The summed E-state index contributed by atoms with van der Waals surface area (Å²) >= 11 is 1.90. The van der Waals surface area contributed by atoms with Gasteiger partial charge in [-0.15, -0.1) is 0 Å².